The molecule has 210 valence electrons. The number of hydrogen-bond donors (Lipinski definition) is 3. The summed E-state index contributed by atoms with van der Waals surface area (Å²) in [7, 11) is 1.62. The van der Waals surface area contributed by atoms with Crippen molar-refractivity contribution in [2.45, 2.75) is 50.7 Å². The van der Waals surface area contributed by atoms with Crippen LogP contribution in [0.3, 0.4) is 0 Å². The molecule has 3 N–H and O–H groups in total. The van der Waals surface area contributed by atoms with Crippen LogP contribution in [-0.4, -0.2) is 43.3 Å². The molecule has 4 rings (SSSR count). The Morgan fingerprint density at radius 3 is 2.52 bits per heavy atom. The van der Waals surface area contributed by atoms with E-state index >= 15 is 0 Å². The minimum absolute atomic E-state index is 0.116. The summed E-state index contributed by atoms with van der Waals surface area (Å²) < 4.78 is 5.42. The molecule has 0 fully saturated rings. The molecule has 0 aliphatic carbocycles. The highest BCUT2D eigenvalue weighted by atomic mass is 32.2. The van der Waals surface area contributed by atoms with Gasteiger partial charge in [0.2, 0.25) is 5.91 Å². The first kappa shape index (κ1) is 29.0. The zero-order chi connectivity index (χ0) is 28.5. The topological polar surface area (TPSA) is 99.8 Å². The molecule has 1 aliphatic rings. The molecule has 9 heteroatoms. The summed E-state index contributed by atoms with van der Waals surface area (Å²) in [5.41, 5.74) is 4.82. The molecule has 0 spiro atoms. The van der Waals surface area contributed by atoms with E-state index < -0.39 is 6.04 Å². The average Bonchev–Trinajstić information content (AvgIpc) is 3.09. The third-order valence-corrected chi connectivity index (χ3v) is 7.78. The van der Waals surface area contributed by atoms with Gasteiger partial charge in [-0.2, -0.15) is 0 Å². The van der Waals surface area contributed by atoms with Crippen LogP contribution in [0.2, 0.25) is 0 Å². The second kappa shape index (κ2) is 13.9. The van der Waals surface area contributed by atoms with E-state index in [1.54, 1.807) is 23.8 Å². The highest BCUT2D eigenvalue weighted by Gasteiger charge is 2.32. The van der Waals surface area contributed by atoms with Crippen LogP contribution in [-0.2, 0) is 22.7 Å². The van der Waals surface area contributed by atoms with Crippen molar-refractivity contribution in [1.29, 1.82) is 0 Å². The second-order valence-electron chi connectivity index (χ2n) is 9.51. The summed E-state index contributed by atoms with van der Waals surface area (Å²) in [6.45, 7) is 5.16. The van der Waals surface area contributed by atoms with Crippen LogP contribution in [0.5, 0.6) is 5.75 Å². The Morgan fingerprint density at radius 1 is 1.02 bits per heavy atom. The van der Waals surface area contributed by atoms with Crippen LogP contribution in [0.15, 0.2) is 71.6 Å². The number of benzene rings is 3. The van der Waals surface area contributed by atoms with Crippen molar-refractivity contribution in [2.24, 2.45) is 0 Å². The zero-order valence-electron chi connectivity index (χ0n) is 23.2. The van der Waals surface area contributed by atoms with Gasteiger partial charge >= 0.3 is 6.03 Å². The number of urea groups is 1. The minimum atomic E-state index is -0.619. The number of nitrogens with one attached hydrogen (secondary N) is 3. The first-order valence-corrected chi connectivity index (χ1v) is 14.5. The summed E-state index contributed by atoms with van der Waals surface area (Å²) in [6.07, 6.45) is 1.11. The lowest BCUT2D eigenvalue weighted by Crippen LogP contribution is -2.49. The van der Waals surface area contributed by atoms with Gasteiger partial charge in [0.1, 0.15) is 11.8 Å². The van der Waals surface area contributed by atoms with Gasteiger partial charge < -0.3 is 25.6 Å². The van der Waals surface area contributed by atoms with Gasteiger partial charge in [-0.25, -0.2) is 4.79 Å². The fourth-order valence-corrected chi connectivity index (χ4v) is 5.70. The summed E-state index contributed by atoms with van der Waals surface area (Å²) in [5.74, 6) is 0.920. The van der Waals surface area contributed by atoms with E-state index in [9.17, 15) is 14.4 Å². The van der Waals surface area contributed by atoms with E-state index in [0.717, 1.165) is 45.0 Å². The number of ether oxygens (including phenoxy) is 1. The van der Waals surface area contributed by atoms with Crippen molar-refractivity contribution in [3.05, 3.63) is 77.9 Å². The van der Waals surface area contributed by atoms with Crippen LogP contribution < -0.4 is 25.6 Å². The molecule has 8 nitrogen and oxygen atoms in total. The van der Waals surface area contributed by atoms with E-state index in [1.165, 1.54) is 0 Å². The molecule has 1 heterocycles. The molecule has 0 saturated heterocycles. The lowest BCUT2D eigenvalue weighted by atomic mass is 9.98. The molecule has 0 aromatic heterocycles. The maximum absolute atomic E-state index is 13.7. The molecule has 0 radical (unpaired) electrons. The summed E-state index contributed by atoms with van der Waals surface area (Å²) in [4.78, 5) is 40.7. The van der Waals surface area contributed by atoms with Gasteiger partial charge in [-0.1, -0.05) is 55.5 Å². The van der Waals surface area contributed by atoms with Crippen LogP contribution in [0.25, 0.3) is 11.1 Å². The molecule has 40 heavy (non-hydrogen) atoms. The lowest BCUT2D eigenvalue weighted by Gasteiger charge is -2.26. The van der Waals surface area contributed by atoms with Crippen molar-refractivity contribution in [3.8, 4) is 16.9 Å². The van der Waals surface area contributed by atoms with Crippen molar-refractivity contribution < 1.29 is 19.1 Å². The first-order chi connectivity index (χ1) is 19.4. The highest BCUT2D eigenvalue weighted by Crippen LogP contribution is 2.38. The molecular weight excluding hydrogens is 524 g/mol. The van der Waals surface area contributed by atoms with Crippen LogP contribution in [0.4, 0.5) is 10.5 Å². The van der Waals surface area contributed by atoms with E-state index in [0.29, 0.717) is 31.8 Å². The third kappa shape index (κ3) is 7.15. The summed E-state index contributed by atoms with van der Waals surface area (Å²) in [5, 5.41) is 8.58. The van der Waals surface area contributed by atoms with Crippen LogP contribution in [0.1, 0.15) is 37.8 Å². The minimum Gasteiger partial charge on any atom is -0.497 e. The lowest BCUT2D eigenvalue weighted by molar-refractivity contribution is -0.127. The Balaban J connectivity index is 1.58. The highest BCUT2D eigenvalue weighted by molar-refractivity contribution is 7.99. The van der Waals surface area contributed by atoms with Crippen molar-refractivity contribution in [2.75, 3.05) is 24.3 Å². The second-order valence-corrected chi connectivity index (χ2v) is 10.6. The first-order valence-electron chi connectivity index (χ1n) is 13.5. The van der Waals surface area contributed by atoms with Gasteiger partial charge in [0.15, 0.2) is 0 Å². The SMILES string of the molecule is CCCC(=O)N[C@@H]1CSc2cc(OC)ccc2N(Cc2ccc(-c3ccccc3CNC(=O)NCC)cc2)C1=O. The number of hydrogen-bond acceptors (Lipinski definition) is 5. The maximum Gasteiger partial charge on any atom is 0.315 e. The molecular formula is C31H36N4O4S. The van der Waals surface area contributed by atoms with Gasteiger partial charge in [-0.15, -0.1) is 11.8 Å². The predicted molar refractivity (Wildman–Crippen MR) is 160 cm³/mol. The van der Waals surface area contributed by atoms with Crippen LogP contribution >= 0.6 is 11.8 Å². The number of anilines is 1. The number of thioether (sulfide) groups is 1. The largest absolute Gasteiger partial charge is 0.497 e. The third-order valence-electron chi connectivity index (χ3n) is 6.64. The Labute approximate surface area is 239 Å². The van der Waals surface area contributed by atoms with E-state index in [1.807, 2.05) is 80.6 Å². The Kier molecular flexibility index (Phi) is 10.1. The van der Waals surface area contributed by atoms with E-state index in [2.05, 4.69) is 16.0 Å². The number of methoxy groups -OCH3 is 1. The average molecular weight is 561 g/mol. The fourth-order valence-electron chi connectivity index (χ4n) is 4.60. The smallest absolute Gasteiger partial charge is 0.315 e. The standard InChI is InChI=1S/C31H36N4O4S/c1-4-8-29(36)34-26-20-40-28-17-24(39-3)15-16-27(28)35(30(26)37)19-21-11-13-22(14-12-21)25-10-7-6-9-23(25)18-33-31(38)32-5-2/h6-7,9-17,26H,4-5,8,18-20H2,1-3H3,(H,34,36)(H2,32,33,38)/t26-/m1/s1. The van der Waals surface area contributed by atoms with Gasteiger partial charge in [-0.3, -0.25) is 9.59 Å². The molecule has 0 unspecified atom stereocenters. The number of carbonyl (C=O) groups is 3. The molecule has 1 aliphatic heterocycles. The van der Waals surface area contributed by atoms with Crippen molar-refractivity contribution in [3.63, 3.8) is 0 Å². The molecule has 3 aromatic rings. The van der Waals surface area contributed by atoms with Gasteiger partial charge in [-0.05, 0) is 53.8 Å². The Morgan fingerprint density at radius 2 is 1.80 bits per heavy atom. The van der Waals surface area contributed by atoms with E-state index in [4.69, 9.17) is 4.74 Å². The quantitative estimate of drug-likeness (QED) is 0.320. The van der Waals surface area contributed by atoms with Gasteiger partial charge in [0.05, 0.1) is 19.3 Å². The van der Waals surface area contributed by atoms with Crippen molar-refractivity contribution in [1.82, 2.24) is 16.0 Å². The molecule has 4 amide bonds. The van der Waals surface area contributed by atoms with E-state index in [-0.39, 0.29) is 17.8 Å². The molecule has 0 saturated carbocycles. The van der Waals surface area contributed by atoms with Gasteiger partial charge in [0, 0.05) is 30.2 Å². The molecule has 1 atom stereocenters. The summed E-state index contributed by atoms with van der Waals surface area (Å²) in [6, 6.07) is 20.9. The monoisotopic (exact) mass is 560 g/mol. The Bertz CT molecular complexity index is 1350. The number of rotatable bonds is 10. The number of fused-ring (bicyclic) bond motifs is 1. The number of amides is 4. The number of carbonyl (C=O) groups excluding carboxylic acids is 3. The number of nitrogens with zero attached hydrogens (tertiary/aromatic N) is 1. The van der Waals surface area contributed by atoms with Gasteiger partial charge in [0.25, 0.3) is 5.91 Å². The fraction of sp³-hybridized carbons (Fsp3) is 0.323. The van der Waals surface area contributed by atoms with Crippen molar-refractivity contribution >= 4 is 35.3 Å². The molecule has 0 bridgehead atoms. The normalized spacial score (nSPS) is 14.6. The summed E-state index contributed by atoms with van der Waals surface area (Å²) >= 11 is 1.54. The Hall–Kier alpha value is -3.98. The maximum atomic E-state index is 13.7. The van der Waals surface area contributed by atoms with Crippen LogP contribution in [0, 0.1) is 0 Å². The zero-order valence-corrected chi connectivity index (χ0v) is 24.0. The predicted octanol–water partition coefficient (Wildman–Crippen LogP) is 5.11. The molecule has 3 aromatic carbocycles.